The van der Waals surface area contributed by atoms with Gasteiger partial charge in [0.15, 0.2) is 5.16 Å². The molecule has 0 aliphatic heterocycles. The molecule has 2 aromatic carbocycles. The zero-order valence-electron chi connectivity index (χ0n) is 12.1. The second kappa shape index (κ2) is 7.53. The molecule has 0 amide bonds. The smallest absolute Gasteiger partial charge is 0.165 e. The Morgan fingerprint density at radius 3 is 2.57 bits per heavy atom. The largest absolute Gasteiger partial charge is 0.493 e. The van der Waals surface area contributed by atoms with E-state index in [1.807, 2.05) is 12.1 Å². The molecule has 0 saturated heterocycles. The van der Waals surface area contributed by atoms with Gasteiger partial charge >= 0.3 is 0 Å². The molecule has 0 bridgehead atoms. The summed E-state index contributed by atoms with van der Waals surface area (Å²) in [6.45, 7) is 0.568. The van der Waals surface area contributed by atoms with Crippen LogP contribution in [0.3, 0.4) is 0 Å². The van der Waals surface area contributed by atoms with Gasteiger partial charge in [-0.25, -0.2) is 9.37 Å². The maximum atomic E-state index is 12.9. The number of thioether (sulfide) groups is 1. The molecule has 0 aliphatic carbocycles. The van der Waals surface area contributed by atoms with Crippen molar-refractivity contribution in [3.05, 3.63) is 65.6 Å². The van der Waals surface area contributed by atoms with Crippen molar-refractivity contribution in [1.82, 2.24) is 9.97 Å². The van der Waals surface area contributed by atoms with E-state index in [9.17, 15) is 4.39 Å². The van der Waals surface area contributed by atoms with Gasteiger partial charge in [-0.05, 0) is 54.1 Å². The monoisotopic (exact) mass is 348 g/mol. The minimum absolute atomic E-state index is 0.248. The number of aromatic nitrogens is 2. The molecular formula is C17H14ClFN2OS. The van der Waals surface area contributed by atoms with Gasteiger partial charge in [0.25, 0.3) is 0 Å². The molecule has 118 valence electrons. The minimum Gasteiger partial charge on any atom is -0.493 e. The van der Waals surface area contributed by atoms with E-state index in [4.69, 9.17) is 16.3 Å². The van der Waals surface area contributed by atoms with E-state index >= 15 is 0 Å². The van der Waals surface area contributed by atoms with E-state index in [-0.39, 0.29) is 5.82 Å². The lowest BCUT2D eigenvalue weighted by atomic mass is 10.2. The quantitative estimate of drug-likeness (QED) is 0.501. The number of benzene rings is 2. The van der Waals surface area contributed by atoms with E-state index in [1.54, 1.807) is 42.2 Å². The highest BCUT2D eigenvalue weighted by Crippen LogP contribution is 2.22. The Labute approximate surface area is 142 Å². The Bertz CT molecular complexity index is 759. The van der Waals surface area contributed by atoms with Crippen LogP contribution < -0.4 is 4.74 Å². The molecule has 3 rings (SSSR count). The molecule has 6 heteroatoms. The predicted octanol–water partition coefficient (Wildman–Crippen LogP) is 5.04. The van der Waals surface area contributed by atoms with Gasteiger partial charge in [-0.3, -0.25) is 0 Å². The first-order valence-corrected chi connectivity index (χ1v) is 8.39. The number of hydrogen-bond donors (Lipinski definition) is 1. The topological polar surface area (TPSA) is 37.9 Å². The average molecular weight is 349 g/mol. The van der Waals surface area contributed by atoms with Gasteiger partial charge in [-0.1, -0.05) is 23.4 Å². The first kappa shape index (κ1) is 15.9. The zero-order chi connectivity index (χ0) is 16.1. The van der Waals surface area contributed by atoms with Crippen molar-refractivity contribution >= 4 is 23.4 Å². The molecule has 0 atom stereocenters. The molecule has 0 fully saturated rings. The molecule has 0 aliphatic rings. The number of nitrogens with one attached hydrogen (secondary N) is 1. The predicted molar refractivity (Wildman–Crippen MR) is 91.7 cm³/mol. The van der Waals surface area contributed by atoms with Gasteiger partial charge < -0.3 is 9.72 Å². The normalized spacial score (nSPS) is 10.7. The maximum Gasteiger partial charge on any atom is 0.165 e. The summed E-state index contributed by atoms with van der Waals surface area (Å²) >= 11 is 7.39. The zero-order valence-corrected chi connectivity index (χ0v) is 13.7. The van der Waals surface area contributed by atoms with Gasteiger partial charge in [0.2, 0.25) is 0 Å². The molecule has 3 aromatic rings. The summed E-state index contributed by atoms with van der Waals surface area (Å²) in [5.41, 5.74) is 1.77. The summed E-state index contributed by atoms with van der Waals surface area (Å²) in [6.07, 6.45) is 1.75. The number of H-pyrrole nitrogens is 1. The number of halogens is 2. The Hall–Kier alpha value is -1.98. The number of ether oxygens (including phenoxy) is 1. The summed E-state index contributed by atoms with van der Waals surface area (Å²) in [6, 6.07) is 13.6. The van der Waals surface area contributed by atoms with Crippen LogP contribution in [-0.2, 0) is 0 Å². The first-order chi connectivity index (χ1) is 11.2. The Morgan fingerprint density at radius 2 is 1.83 bits per heavy atom. The van der Waals surface area contributed by atoms with Crippen molar-refractivity contribution < 1.29 is 9.13 Å². The molecule has 0 radical (unpaired) electrons. The van der Waals surface area contributed by atoms with Crippen LogP contribution in [0.1, 0.15) is 0 Å². The lowest BCUT2D eigenvalue weighted by molar-refractivity contribution is 0.344. The molecule has 0 spiro atoms. The van der Waals surface area contributed by atoms with E-state index in [2.05, 4.69) is 9.97 Å². The summed E-state index contributed by atoms with van der Waals surface area (Å²) in [5, 5.41) is 1.50. The third-order valence-electron chi connectivity index (χ3n) is 3.11. The molecule has 1 N–H and O–H groups in total. The van der Waals surface area contributed by atoms with Gasteiger partial charge in [-0.15, -0.1) is 0 Å². The number of hydrogen-bond acceptors (Lipinski definition) is 3. The van der Waals surface area contributed by atoms with Crippen molar-refractivity contribution in [2.24, 2.45) is 0 Å². The third-order valence-corrected chi connectivity index (χ3v) is 4.22. The number of aromatic amines is 1. The fraction of sp³-hybridized carbons (Fsp3) is 0.118. The molecule has 0 unspecified atom stereocenters. The van der Waals surface area contributed by atoms with Crippen LogP contribution in [0.5, 0.6) is 5.75 Å². The van der Waals surface area contributed by atoms with Crippen molar-refractivity contribution in [2.45, 2.75) is 5.16 Å². The van der Waals surface area contributed by atoms with Crippen LogP contribution in [0.2, 0.25) is 5.02 Å². The highest BCUT2D eigenvalue weighted by Gasteiger charge is 2.04. The highest BCUT2D eigenvalue weighted by molar-refractivity contribution is 7.99. The van der Waals surface area contributed by atoms with Gasteiger partial charge in [0.1, 0.15) is 11.6 Å². The standard InChI is InChI=1S/C17H14ClFN2OS/c18-13-3-7-15(8-4-13)22-9-10-23-17-20-11-16(21-17)12-1-5-14(19)6-2-12/h1-8,11H,9-10H2,(H,20,21). The molecule has 1 aromatic heterocycles. The van der Waals surface area contributed by atoms with Crippen LogP contribution in [0.15, 0.2) is 59.9 Å². The lowest BCUT2D eigenvalue weighted by Gasteiger charge is -2.04. The summed E-state index contributed by atoms with van der Waals surface area (Å²) in [5.74, 6) is 1.31. The van der Waals surface area contributed by atoms with Gasteiger partial charge in [0, 0.05) is 10.8 Å². The summed E-state index contributed by atoms with van der Waals surface area (Å²) in [4.78, 5) is 7.52. The number of imidazole rings is 1. The van der Waals surface area contributed by atoms with Gasteiger partial charge in [0.05, 0.1) is 18.5 Å². The SMILES string of the molecule is Fc1ccc(-c2cnc(SCCOc3ccc(Cl)cc3)[nH]2)cc1. The number of rotatable bonds is 6. The molecular weight excluding hydrogens is 335 g/mol. The first-order valence-electron chi connectivity index (χ1n) is 7.03. The fourth-order valence-electron chi connectivity index (χ4n) is 1.98. The number of nitrogens with zero attached hydrogens (tertiary/aromatic N) is 1. The highest BCUT2D eigenvalue weighted by atomic mass is 35.5. The fourth-order valence-corrected chi connectivity index (χ4v) is 2.78. The van der Waals surface area contributed by atoms with Crippen molar-refractivity contribution in [3.63, 3.8) is 0 Å². The van der Waals surface area contributed by atoms with Crippen LogP contribution >= 0.6 is 23.4 Å². The molecule has 3 nitrogen and oxygen atoms in total. The average Bonchev–Trinajstić information content (AvgIpc) is 3.03. The van der Waals surface area contributed by atoms with Crippen LogP contribution in [0, 0.1) is 5.82 Å². The Balaban J connectivity index is 1.49. The third kappa shape index (κ3) is 4.50. The van der Waals surface area contributed by atoms with E-state index in [1.165, 1.54) is 12.1 Å². The van der Waals surface area contributed by atoms with Crippen molar-refractivity contribution in [1.29, 1.82) is 0 Å². The molecule has 1 heterocycles. The van der Waals surface area contributed by atoms with E-state index in [0.29, 0.717) is 11.6 Å². The Kier molecular flexibility index (Phi) is 5.20. The lowest BCUT2D eigenvalue weighted by Crippen LogP contribution is -2.00. The second-order valence-corrected chi connectivity index (χ2v) is 6.28. The Morgan fingerprint density at radius 1 is 1.09 bits per heavy atom. The minimum atomic E-state index is -0.248. The van der Waals surface area contributed by atoms with E-state index in [0.717, 1.165) is 27.9 Å². The van der Waals surface area contributed by atoms with Gasteiger partial charge in [-0.2, -0.15) is 0 Å². The van der Waals surface area contributed by atoms with Crippen LogP contribution in [-0.4, -0.2) is 22.3 Å². The van der Waals surface area contributed by atoms with Crippen molar-refractivity contribution in [3.8, 4) is 17.0 Å². The maximum absolute atomic E-state index is 12.9. The van der Waals surface area contributed by atoms with Crippen LogP contribution in [0.25, 0.3) is 11.3 Å². The van der Waals surface area contributed by atoms with E-state index < -0.39 is 0 Å². The second-order valence-electron chi connectivity index (χ2n) is 4.76. The summed E-state index contributed by atoms with van der Waals surface area (Å²) in [7, 11) is 0. The molecule has 0 saturated carbocycles. The summed E-state index contributed by atoms with van der Waals surface area (Å²) < 4.78 is 18.5. The molecule has 23 heavy (non-hydrogen) atoms. The van der Waals surface area contributed by atoms with Crippen LogP contribution in [0.4, 0.5) is 4.39 Å². The van der Waals surface area contributed by atoms with Crippen molar-refractivity contribution in [2.75, 3.05) is 12.4 Å².